The molecule has 1 N–H and O–H groups in total. The summed E-state index contributed by atoms with van der Waals surface area (Å²) in [4.78, 5) is 58.1. The quantitative estimate of drug-likeness (QED) is 0.559. The van der Waals surface area contributed by atoms with Gasteiger partial charge in [-0.25, -0.2) is 9.59 Å². The highest BCUT2D eigenvalue weighted by Crippen LogP contribution is 2.18. The molecule has 36 heavy (non-hydrogen) atoms. The van der Waals surface area contributed by atoms with Crippen molar-refractivity contribution in [3.63, 3.8) is 0 Å². The van der Waals surface area contributed by atoms with Crippen LogP contribution in [-0.2, 0) is 23.9 Å². The molecule has 206 valence electrons. The predicted molar refractivity (Wildman–Crippen MR) is 136 cm³/mol. The fourth-order valence-corrected chi connectivity index (χ4v) is 4.34. The first kappa shape index (κ1) is 31.5. The van der Waals surface area contributed by atoms with Crippen molar-refractivity contribution in [2.24, 2.45) is 17.8 Å². The van der Waals surface area contributed by atoms with Gasteiger partial charge in [0, 0.05) is 43.9 Å². The molecule has 0 unspecified atom stereocenters. The van der Waals surface area contributed by atoms with E-state index in [9.17, 15) is 24.0 Å². The highest BCUT2D eigenvalue weighted by Gasteiger charge is 2.25. The number of Topliss-reactive ketones (excluding diaryl/α,β-unsaturated/α-hetero) is 2. The Morgan fingerprint density at radius 3 is 1.44 bits per heavy atom. The molecule has 0 spiro atoms. The number of hydrogen-bond donors (Lipinski definition) is 1. The number of rotatable bonds is 5. The fraction of sp³-hybridized carbons (Fsp3) is 0.808. The number of amides is 2. The number of carbonyl (C=O) groups excluding carboxylic acids is 5. The number of likely N-dealkylation sites (tertiary alicyclic amines) is 2. The van der Waals surface area contributed by atoms with Crippen molar-refractivity contribution < 1.29 is 33.4 Å². The number of hydrogen-bond acceptors (Lipinski definition) is 8. The van der Waals surface area contributed by atoms with Crippen LogP contribution in [0.1, 0.15) is 66.2 Å². The summed E-state index contributed by atoms with van der Waals surface area (Å²) in [6.45, 7) is 12.3. The lowest BCUT2D eigenvalue weighted by atomic mass is 9.94. The van der Waals surface area contributed by atoms with Gasteiger partial charge < -0.3 is 29.4 Å². The van der Waals surface area contributed by atoms with Crippen molar-refractivity contribution in [1.29, 1.82) is 0 Å². The molecule has 0 radical (unpaired) electrons. The number of ketones is 2. The van der Waals surface area contributed by atoms with Gasteiger partial charge in [0.1, 0.15) is 17.9 Å². The zero-order valence-corrected chi connectivity index (χ0v) is 22.5. The third-order valence-electron chi connectivity index (χ3n) is 6.77. The molecular weight excluding hydrogens is 466 g/mol. The van der Waals surface area contributed by atoms with Crippen molar-refractivity contribution in [3.05, 3.63) is 0 Å². The molecule has 3 aliphatic heterocycles. The van der Waals surface area contributed by atoms with E-state index in [0.717, 1.165) is 57.9 Å². The normalized spacial score (nSPS) is 19.1. The lowest BCUT2D eigenvalue weighted by molar-refractivity contribution is -0.122. The minimum absolute atomic E-state index is 0.130. The Morgan fingerprint density at radius 1 is 0.722 bits per heavy atom. The van der Waals surface area contributed by atoms with E-state index in [1.165, 1.54) is 0 Å². The molecule has 3 fully saturated rings. The fourth-order valence-electron chi connectivity index (χ4n) is 4.34. The zero-order valence-electron chi connectivity index (χ0n) is 22.5. The molecular formula is C26H45N3O7. The van der Waals surface area contributed by atoms with Gasteiger partial charge in [0.15, 0.2) is 0 Å². The zero-order chi connectivity index (χ0) is 26.9. The van der Waals surface area contributed by atoms with Crippen LogP contribution in [0.25, 0.3) is 0 Å². The van der Waals surface area contributed by atoms with Crippen LogP contribution in [0.2, 0.25) is 0 Å². The van der Waals surface area contributed by atoms with Gasteiger partial charge in [-0.3, -0.25) is 9.59 Å². The van der Waals surface area contributed by atoms with E-state index < -0.39 is 0 Å². The summed E-state index contributed by atoms with van der Waals surface area (Å²) in [6, 6.07) is 0. The minimum atomic E-state index is -0.258. The number of nitrogens with zero attached hydrogens (tertiary/aromatic N) is 2. The Balaban J connectivity index is 0.000000276. The van der Waals surface area contributed by atoms with Gasteiger partial charge >= 0.3 is 12.2 Å². The van der Waals surface area contributed by atoms with E-state index in [1.54, 1.807) is 37.5 Å². The summed E-state index contributed by atoms with van der Waals surface area (Å²) in [5.41, 5.74) is 0. The first-order chi connectivity index (χ1) is 17.2. The minimum Gasteiger partial charge on any atom is -0.450 e. The average molecular weight is 512 g/mol. The largest absolute Gasteiger partial charge is 0.450 e. The number of carbonyl (C=O) groups is 5. The molecule has 2 amide bonds. The second-order valence-corrected chi connectivity index (χ2v) is 9.37. The highest BCUT2D eigenvalue weighted by atomic mass is 16.6. The van der Waals surface area contributed by atoms with Crippen molar-refractivity contribution in [3.8, 4) is 0 Å². The van der Waals surface area contributed by atoms with Gasteiger partial charge in [-0.15, -0.1) is 0 Å². The van der Waals surface area contributed by atoms with Crippen molar-refractivity contribution in [1.82, 2.24) is 15.1 Å². The van der Waals surface area contributed by atoms with E-state index in [4.69, 9.17) is 9.47 Å². The van der Waals surface area contributed by atoms with Crippen LogP contribution >= 0.6 is 0 Å². The van der Waals surface area contributed by atoms with E-state index in [0.29, 0.717) is 51.1 Å². The Labute approximate surface area is 215 Å². The number of ether oxygens (including phenoxy) is 2. The van der Waals surface area contributed by atoms with Crippen molar-refractivity contribution in [2.45, 2.75) is 66.2 Å². The Bertz CT molecular complexity index is 694. The maximum atomic E-state index is 11.3. The highest BCUT2D eigenvalue weighted by molar-refractivity contribution is 5.79. The topological polar surface area (TPSA) is 122 Å². The summed E-state index contributed by atoms with van der Waals surface area (Å²) in [5.74, 6) is 1.21. The van der Waals surface area contributed by atoms with Gasteiger partial charge in [-0.05, 0) is 79.3 Å². The monoisotopic (exact) mass is 511 g/mol. The van der Waals surface area contributed by atoms with Crippen LogP contribution in [0.5, 0.6) is 0 Å². The third-order valence-corrected chi connectivity index (χ3v) is 6.77. The van der Waals surface area contributed by atoms with E-state index in [1.807, 2.05) is 0 Å². The second kappa shape index (κ2) is 17.9. The number of aldehydes is 1. The lowest BCUT2D eigenvalue weighted by Crippen LogP contribution is -2.40. The van der Waals surface area contributed by atoms with Crippen LogP contribution in [0.15, 0.2) is 0 Å². The molecule has 0 aromatic rings. The molecule has 0 aliphatic carbocycles. The van der Waals surface area contributed by atoms with Crippen molar-refractivity contribution in [2.75, 3.05) is 52.5 Å². The summed E-state index contributed by atoms with van der Waals surface area (Å²) in [7, 11) is 0. The Morgan fingerprint density at radius 2 is 1.11 bits per heavy atom. The number of piperidine rings is 3. The van der Waals surface area contributed by atoms with Gasteiger partial charge in [-0.2, -0.15) is 0 Å². The summed E-state index contributed by atoms with van der Waals surface area (Å²) in [6.07, 6.45) is 5.61. The van der Waals surface area contributed by atoms with Crippen molar-refractivity contribution >= 4 is 30.0 Å². The molecule has 10 nitrogen and oxygen atoms in total. The number of nitrogens with one attached hydrogen (secondary N) is 1. The molecule has 10 heteroatoms. The first-order valence-corrected chi connectivity index (χ1v) is 13.2. The van der Waals surface area contributed by atoms with Gasteiger partial charge in [0.2, 0.25) is 0 Å². The second-order valence-electron chi connectivity index (χ2n) is 9.37. The van der Waals surface area contributed by atoms with E-state index in [-0.39, 0.29) is 29.8 Å². The molecule has 0 saturated carbocycles. The maximum Gasteiger partial charge on any atom is 0.409 e. The third kappa shape index (κ3) is 12.0. The summed E-state index contributed by atoms with van der Waals surface area (Å²) < 4.78 is 9.73. The van der Waals surface area contributed by atoms with Crippen LogP contribution < -0.4 is 5.32 Å². The van der Waals surface area contributed by atoms with E-state index in [2.05, 4.69) is 5.32 Å². The van der Waals surface area contributed by atoms with Gasteiger partial charge in [-0.1, -0.05) is 0 Å². The van der Waals surface area contributed by atoms with Gasteiger partial charge in [0.05, 0.1) is 13.2 Å². The average Bonchev–Trinajstić information content (AvgIpc) is 2.90. The molecule has 0 aromatic carbocycles. The molecule has 3 aliphatic rings. The smallest absolute Gasteiger partial charge is 0.409 e. The molecule has 3 rings (SSSR count). The molecule has 0 aromatic heterocycles. The van der Waals surface area contributed by atoms with Crippen LogP contribution in [0.4, 0.5) is 9.59 Å². The summed E-state index contributed by atoms with van der Waals surface area (Å²) in [5, 5.41) is 3.22. The predicted octanol–water partition coefficient (Wildman–Crippen LogP) is 3.07. The van der Waals surface area contributed by atoms with Crippen LogP contribution in [-0.4, -0.2) is 92.3 Å². The molecule has 3 saturated heterocycles. The van der Waals surface area contributed by atoms with Crippen LogP contribution in [0.3, 0.4) is 0 Å². The molecule has 0 atom stereocenters. The van der Waals surface area contributed by atoms with E-state index >= 15 is 0 Å². The Hall–Kier alpha value is -2.49. The molecule has 3 heterocycles. The summed E-state index contributed by atoms with van der Waals surface area (Å²) >= 11 is 0. The SMILES string of the molecule is CC(=O)C1CCNCC1.CCOC(=O)N1CCC(C(C)=O)CC1.CCOC(=O)N1CCC(C=O)CC1. The lowest BCUT2D eigenvalue weighted by Gasteiger charge is -2.29. The maximum absolute atomic E-state index is 11.3. The molecule has 0 bridgehead atoms. The van der Waals surface area contributed by atoms with Gasteiger partial charge in [0.25, 0.3) is 0 Å². The Kier molecular flexibility index (Phi) is 15.6. The standard InChI is InChI=1S/C10H17NO3.C9H15NO3.C7H13NO/c1-3-14-10(13)11-6-4-9(5-7-11)8(2)12;1-2-13-9(12)10-5-3-8(7-11)4-6-10;1-6(9)7-2-4-8-5-3-7/h9H,3-7H2,1-2H3;7-8H,2-6H2,1H3;7-8H,2-5H2,1H3. The first-order valence-electron chi connectivity index (χ1n) is 13.2. The van der Waals surface area contributed by atoms with Crippen LogP contribution in [0, 0.1) is 17.8 Å².